The summed E-state index contributed by atoms with van der Waals surface area (Å²) in [5.74, 6) is 0.0601. The maximum atomic E-state index is 11.3. The number of hydrogen-bond donors (Lipinski definition) is 3. The van der Waals surface area contributed by atoms with Crippen molar-refractivity contribution in [3.63, 3.8) is 0 Å². The number of nitrogens with two attached hydrogens (primary N) is 2. The van der Waals surface area contributed by atoms with Gasteiger partial charge in [0.15, 0.2) is 11.2 Å². The number of aromatic amines is 1. The Kier molecular flexibility index (Phi) is 1.74. The summed E-state index contributed by atoms with van der Waals surface area (Å²) in [4.78, 5) is 21.6. The fourth-order valence-corrected chi connectivity index (χ4v) is 1.24. The van der Waals surface area contributed by atoms with Gasteiger partial charge in [-0.3, -0.25) is 14.3 Å². The fourth-order valence-electron chi connectivity index (χ4n) is 1.24. The Labute approximate surface area is 78.8 Å². The lowest BCUT2D eigenvalue weighted by Crippen LogP contribution is -2.16. The highest BCUT2D eigenvalue weighted by atomic mass is 16.1. The van der Waals surface area contributed by atoms with Gasteiger partial charge >= 0.3 is 0 Å². The van der Waals surface area contributed by atoms with Crippen LogP contribution in [0, 0.1) is 0 Å². The van der Waals surface area contributed by atoms with E-state index in [1.807, 2.05) is 0 Å². The largest absolute Gasteiger partial charge is 0.369 e. The number of imidazole rings is 1. The zero-order chi connectivity index (χ0) is 10.3. The predicted molar refractivity (Wildman–Crippen MR) is 51.5 cm³/mol. The highest BCUT2D eigenvalue weighted by Crippen LogP contribution is 2.09. The first-order valence-electron chi connectivity index (χ1n) is 4.07. The number of H-pyrrole nitrogens is 1. The number of nitrogens with one attached hydrogen (secondary N) is 1. The predicted octanol–water partition coefficient (Wildman–Crippen LogP) is -0.821. The number of aromatic nitrogens is 4. The zero-order valence-corrected chi connectivity index (χ0v) is 7.56. The summed E-state index contributed by atoms with van der Waals surface area (Å²) in [5.41, 5.74) is 11.4. The van der Waals surface area contributed by atoms with Crippen LogP contribution in [0.4, 0.5) is 5.95 Å². The molecule has 0 aliphatic heterocycles. The maximum absolute atomic E-state index is 11.3. The third kappa shape index (κ3) is 1.14. The third-order valence-electron chi connectivity index (χ3n) is 1.89. The minimum absolute atomic E-state index is 0.0601. The van der Waals surface area contributed by atoms with Crippen molar-refractivity contribution >= 4 is 17.1 Å². The molecule has 2 aromatic rings. The number of fused-ring (bicyclic) bond motifs is 1. The van der Waals surface area contributed by atoms with Gasteiger partial charge in [-0.1, -0.05) is 0 Å². The number of rotatable bonds is 1. The summed E-state index contributed by atoms with van der Waals surface area (Å²) in [6.45, 7) is 1.76. The first-order chi connectivity index (χ1) is 6.59. The Balaban J connectivity index is 2.85. The highest BCUT2D eigenvalue weighted by molar-refractivity contribution is 5.70. The Morgan fingerprint density at radius 1 is 1.64 bits per heavy atom. The molecule has 2 aromatic heterocycles. The van der Waals surface area contributed by atoms with Crippen LogP contribution in [0.1, 0.15) is 13.1 Å². The summed E-state index contributed by atoms with van der Waals surface area (Å²) >= 11 is 0. The molecule has 0 fully saturated rings. The quantitative estimate of drug-likeness (QED) is 0.548. The molecule has 7 nitrogen and oxygen atoms in total. The van der Waals surface area contributed by atoms with Crippen molar-refractivity contribution in [3.05, 3.63) is 16.7 Å². The number of anilines is 1. The van der Waals surface area contributed by atoms with E-state index in [4.69, 9.17) is 11.5 Å². The molecular formula is C7H10N6O. The molecule has 0 saturated carbocycles. The van der Waals surface area contributed by atoms with Gasteiger partial charge in [-0.25, -0.2) is 4.98 Å². The highest BCUT2D eigenvalue weighted by Gasteiger charge is 2.10. The van der Waals surface area contributed by atoms with Crippen LogP contribution in [-0.4, -0.2) is 19.5 Å². The van der Waals surface area contributed by atoms with Crippen LogP contribution in [0.25, 0.3) is 11.2 Å². The van der Waals surface area contributed by atoms with E-state index in [9.17, 15) is 4.79 Å². The van der Waals surface area contributed by atoms with Crippen LogP contribution in [0.3, 0.4) is 0 Å². The molecule has 74 valence electrons. The number of nitrogens with zero attached hydrogens (tertiary/aromatic N) is 3. The van der Waals surface area contributed by atoms with E-state index in [1.165, 1.54) is 6.33 Å². The van der Waals surface area contributed by atoms with Gasteiger partial charge in [0.1, 0.15) is 0 Å². The van der Waals surface area contributed by atoms with E-state index in [2.05, 4.69) is 15.0 Å². The summed E-state index contributed by atoms with van der Waals surface area (Å²) in [6, 6.07) is 0. The van der Waals surface area contributed by atoms with Crippen molar-refractivity contribution in [2.75, 3.05) is 5.73 Å². The van der Waals surface area contributed by atoms with Crippen LogP contribution in [0.2, 0.25) is 0 Å². The standard InChI is InChI=1S/C7H10N6O/c1-3(8)13-2-10-4-5(13)11-7(9)12-6(4)14/h2-3H,8H2,1H3,(H3,9,11,12,14). The molecule has 0 aliphatic carbocycles. The van der Waals surface area contributed by atoms with E-state index >= 15 is 0 Å². The van der Waals surface area contributed by atoms with Gasteiger partial charge < -0.3 is 11.5 Å². The second kappa shape index (κ2) is 2.81. The van der Waals surface area contributed by atoms with Crippen LogP contribution in [0.15, 0.2) is 11.1 Å². The first kappa shape index (κ1) is 8.70. The first-order valence-corrected chi connectivity index (χ1v) is 4.07. The van der Waals surface area contributed by atoms with Crippen molar-refractivity contribution in [2.24, 2.45) is 5.73 Å². The molecule has 0 spiro atoms. The Morgan fingerprint density at radius 2 is 2.36 bits per heavy atom. The Hall–Kier alpha value is -1.89. The second-order valence-corrected chi connectivity index (χ2v) is 3.02. The summed E-state index contributed by atoms with van der Waals surface area (Å²) in [6.07, 6.45) is 1.17. The molecule has 1 atom stereocenters. The van der Waals surface area contributed by atoms with E-state index in [-0.39, 0.29) is 23.2 Å². The van der Waals surface area contributed by atoms with Gasteiger partial charge in [0.05, 0.1) is 12.5 Å². The van der Waals surface area contributed by atoms with Gasteiger partial charge in [0.2, 0.25) is 5.95 Å². The maximum Gasteiger partial charge on any atom is 0.280 e. The molecule has 0 bridgehead atoms. The smallest absolute Gasteiger partial charge is 0.280 e. The van der Waals surface area contributed by atoms with Crippen molar-refractivity contribution < 1.29 is 0 Å². The average molecular weight is 194 g/mol. The molecule has 0 saturated heterocycles. The van der Waals surface area contributed by atoms with Gasteiger partial charge in [0.25, 0.3) is 5.56 Å². The minimum atomic E-state index is -0.355. The topological polar surface area (TPSA) is 116 Å². The van der Waals surface area contributed by atoms with Crippen LogP contribution in [-0.2, 0) is 0 Å². The Morgan fingerprint density at radius 3 is 3.00 bits per heavy atom. The molecule has 2 heterocycles. The van der Waals surface area contributed by atoms with Crippen molar-refractivity contribution in [3.8, 4) is 0 Å². The van der Waals surface area contributed by atoms with E-state index in [0.717, 1.165) is 0 Å². The molecular weight excluding hydrogens is 184 g/mol. The van der Waals surface area contributed by atoms with Gasteiger partial charge in [-0.05, 0) is 6.92 Å². The number of nitrogen functional groups attached to an aromatic ring is 1. The molecule has 0 aliphatic rings. The summed E-state index contributed by atoms with van der Waals surface area (Å²) in [7, 11) is 0. The van der Waals surface area contributed by atoms with Crippen molar-refractivity contribution in [2.45, 2.75) is 13.1 Å². The molecule has 2 rings (SSSR count). The van der Waals surface area contributed by atoms with E-state index in [1.54, 1.807) is 11.5 Å². The lowest BCUT2D eigenvalue weighted by molar-refractivity contribution is 0.583. The average Bonchev–Trinajstić information content (AvgIpc) is 2.47. The zero-order valence-electron chi connectivity index (χ0n) is 7.56. The molecule has 0 amide bonds. The van der Waals surface area contributed by atoms with Gasteiger partial charge in [-0.15, -0.1) is 0 Å². The minimum Gasteiger partial charge on any atom is -0.369 e. The molecule has 7 heteroatoms. The van der Waals surface area contributed by atoms with Gasteiger partial charge in [0, 0.05) is 0 Å². The fraction of sp³-hybridized carbons (Fsp3) is 0.286. The molecule has 0 aromatic carbocycles. The van der Waals surface area contributed by atoms with E-state index in [0.29, 0.717) is 5.65 Å². The number of hydrogen-bond acceptors (Lipinski definition) is 5. The van der Waals surface area contributed by atoms with Crippen LogP contribution >= 0.6 is 0 Å². The molecule has 1 unspecified atom stereocenters. The van der Waals surface area contributed by atoms with E-state index < -0.39 is 0 Å². The molecule has 0 radical (unpaired) electrons. The third-order valence-corrected chi connectivity index (χ3v) is 1.89. The van der Waals surface area contributed by atoms with Crippen LogP contribution < -0.4 is 17.0 Å². The van der Waals surface area contributed by atoms with Crippen molar-refractivity contribution in [1.29, 1.82) is 0 Å². The van der Waals surface area contributed by atoms with Gasteiger partial charge in [-0.2, -0.15) is 4.98 Å². The Bertz CT molecular complexity index is 524. The summed E-state index contributed by atoms with van der Waals surface area (Å²) in [5, 5.41) is 0. The molecule has 5 N–H and O–H groups in total. The monoisotopic (exact) mass is 194 g/mol. The second-order valence-electron chi connectivity index (χ2n) is 3.02. The SMILES string of the molecule is CC(N)n1cnc2c(=O)[nH]c(N)nc21. The van der Waals surface area contributed by atoms with Crippen LogP contribution in [0.5, 0.6) is 0 Å². The van der Waals surface area contributed by atoms with Crippen molar-refractivity contribution in [1.82, 2.24) is 19.5 Å². The summed E-state index contributed by atoms with van der Waals surface area (Å²) < 4.78 is 1.58. The molecule has 14 heavy (non-hydrogen) atoms. The lowest BCUT2D eigenvalue weighted by Gasteiger charge is -2.06. The lowest BCUT2D eigenvalue weighted by atomic mass is 10.5. The normalized spacial score (nSPS) is 13.3.